The number of carbonyl (C=O) groups is 1. The van der Waals surface area contributed by atoms with Crippen molar-refractivity contribution in [3.8, 4) is 0 Å². The summed E-state index contributed by atoms with van der Waals surface area (Å²) in [7, 11) is 0. The number of halogens is 4. The molecule has 0 aromatic rings. The predicted octanol–water partition coefficient (Wildman–Crippen LogP) is 1.83. The van der Waals surface area contributed by atoms with Crippen LogP contribution in [0, 0.1) is 0 Å². The molecule has 76 valence electrons. The quantitative estimate of drug-likeness (QED) is 0.715. The van der Waals surface area contributed by atoms with Gasteiger partial charge in [-0.2, -0.15) is 13.2 Å². The van der Waals surface area contributed by atoms with Gasteiger partial charge >= 0.3 is 6.18 Å². The summed E-state index contributed by atoms with van der Waals surface area (Å²) in [5, 5.41) is 2.28. The van der Waals surface area contributed by atoms with Crippen LogP contribution in [0.25, 0.3) is 0 Å². The molecule has 13 heavy (non-hydrogen) atoms. The van der Waals surface area contributed by atoms with E-state index in [9.17, 15) is 18.0 Å². The Labute approximate surface area is 78.4 Å². The molecule has 1 amide bonds. The third kappa shape index (κ3) is 3.42. The van der Waals surface area contributed by atoms with Gasteiger partial charge in [-0.3, -0.25) is 4.79 Å². The number of rotatable bonds is 3. The normalized spacial score (nSPS) is 19.7. The molecule has 0 aromatic heterocycles. The lowest BCUT2D eigenvalue weighted by Gasteiger charge is -2.14. The standard InChI is InChI=1S/C7H9ClF3NO/c8-4-6(1-2-6)12-5(13)3-7(9,10)11/h1-4H2,(H,12,13). The molecule has 1 rings (SSSR count). The van der Waals surface area contributed by atoms with E-state index in [1.165, 1.54) is 0 Å². The molecule has 0 heterocycles. The van der Waals surface area contributed by atoms with Gasteiger partial charge < -0.3 is 5.32 Å². The molecule has 0 bridgehead atoms. The van der Waals surface area contributed by atoms with Gasteiger partial charge in [0.2, 0.25) is 5.91 Å². The minimum Gasteiger partial charge on any atom is -0.349 e. The Balaban J connectivity index is 2.34. The van der Waals surface area contributed by atoms with E-state index in [2.05, 4.69) is 5.32 Å². The van der Waals surface area contributed by atoms with E-state index in [-0.39, 0.29) is 5.88 Å². The second kappa shape index (κ2) is 3.36. The maximum Gasteiger partial charge on any atom is 0.397 e. The van der Waals surface area contributed by atoms with E-state index in [0.29, 0.717) is 12.8 Å². The van der Waals surface area contributed by atoms with Crippen molar-refractivity contribution in [3.63, 3.8) is 0 Å². The zero-order chi connectivity index (χ0) is 10.1. The van der Waals surface area contributed by atoms with Gasteiger partial charge in [-0.1, -0.05) is 0 Å². The van der Waals surface area contributed by atoms with Crippen LogP contribution in [0.2, 0.25) is 0 Å². The second-order valence-corrected chi connectivity index (χ2v) is 3.52. The summed E-state index contributed by atoms with van der Waals surface area (Å²) < 4.78 is 35.1. The molecule has 0 saturated heterocycles. The first-order valence-corrected chi connectivity index (χ1v) is 4.34. The Morgan fingerprint density at radius 1 is 1.46 bits per heavy atom. The van der Waals surface area contributed by atoms with Gasteiger partial charge in [0.1, 0.15) is 6.42 Å². The summed E-state index contributed by atoms with van der Waals surface area (Å²) in [6.07, 6.45) is -4.53. The molecule has 1 saturated carbocycles. The van der Waals surface area contributed by atoms with Crippen LogP contribution in [0.3, 0.4) is 0 Å². The Morgan fingerprint density at radius 3 is 2.31 bits per heavy atom. The van der Waals surface area contributed by atoms with Crippen molar-refractivity contribution in [3.05, 3.63) is 0 Å². The number of hydrogen-bond donors (Lipinski definition) is 1. The molecule has 1 aliphatic rings. The fourth-order valence-electron chi connectivity index (χ4n) is 0.965. The zero-order valence-corrected chi connectivity index (χ0v) is 7.50. The molecule has 1 fully saturated rings. The van der Waals surface area contributed by atoms with Crippen molar-refractivity contribution in [2.45, 2.75) is 31.0 Å². The van der Waals surface area contributed by atoms with E-state index >= 15 is 0 Å². The minimum absolute atomic E-state index is 0.177. The predicted molar refractivity (Wildman–Crippen MR) is 41.5 cm³/mol. The van der Waals surface area contributed by atoms with Crippen molar-refractivity contribution >= 4 is 17.5 Å². The molecule has 0 aromatic carbocycles. The van der Waals surface area contributed by atoms with Crippen LogP contribution < -0.4 is 5.32 Å². The highest BCUT2D eigenvalue weighted by atomic mass is 35.5. The first-order chi connectivity index (χ1) is 5.87. The van der Waals surface area contributed by atoms with E-state index in [1.807, 2.05) is 0 Å². The third-order valence-electron chi connectivity index (χ3n) is 1.87. The summed E-state index contributed by atoms with van der Waals surface area (Å²) in [5.41, 5.74) is -0.552. The van der Waals surface area contributed by atoms with E-state index in [0.717, 1.165) is 0 Å². The Kier molecular flexibility index (Phi) is 2.75. The third-order valence-corrected chi connectivity index (χ3v) is 2.39. The average Bonchev–Trinajstić information content (AvgIpc) is 2.65. The lowest BCUT2D eigenvalue weighted by Crippen LogP contribution is -2.40. The Morgan fingerprint density at radius 2 is 2.00 bits per heavy atom. The Bertz CT molecular complexity index is 212. The van der Waals surface area contributed by atoms with Crippen molar-refractivity contribution in [1.82, 2.24) is 5.32 Å². The molecule has 0 spiro atoms. The van der Waals surface area contributed by atoms with Crippen LogP contribution >= 0.6 is 11.6 Å². The first-order valence-electron chi connectivity index (χ1n) is 3.81. The highest BCUT2D eigenvalue weighted by Gasteiger charge is 2.44. The van der Waals surface area contributed by atoms with Crippen LogP contribution in [-0.4, -0.2) is 23.5 Å². The van der Waals surface area contributed by atoms with Crippen LogP contribution in [0.15, 0.2) is 0 Å². The number of carbonyl (C=O) groups excluding carboxylic acids is 1. The van der Waals surface area contributed by atoms with Gasteiger partial charge in [-0.05, 0) is 12.8 Å². The van der Waals surface area contributed by atoms with Gasteiger partial charge in [0.15, 0.2) is 0 Å². The molecule has 0 aliphatic heterocycles. The van der Waals surface area contributed by atoms with Crippen LogP contribution in [-0.2, 0) is 4.79 Å². The lowest BCUT2D eigenvalue weighted by atomic mass is 10.3. The largest absolute Gasteiger partial charge is 0.397 e. The minimum atomic E-state index is -4.44. The van der Waals surface area contributed by atoms with Gasteiger partial charge in [0.05, 0.1) is 5.54 Å². The lowest BCUT2D eigenvalue weighted by molar-refractivity contribution is -0.154. The van der Waals surface area contributed by atoms with Gasteiger partial charge in [0.25, 0.3) is 0 Å². The molecule has 0 unspecified atom stereocenters. The number of nitrogens with one attached hydrogen (secondary N) is 1. The summed E-state index contributed by atoms with van der Waals surface area (Å²) in [6, 6.07) is 0. The molecular weight excluding hydrogens is 207 g/mol. The average molecular weight is 216 g/mol. The fourth-order valence-corrected chi connectivity index (χ4v) is 1.30. The van der Waals surface area contributed by atoms with Gasteiger partial charge in [0, 0.05) is 5.88 Å². The van der Waals surface area contributed by atoms with Crippen LogP contribution in [0.4, 0.5) is 13.2 Å². The SMILES string of the molecule is O=C(CC(F)(F)F)NC1(CCl)CC1. The zero-order valence-electron chi connectivity index (χ0n) is 6.75. The molecular formula is C7H9ClF3NO. The molecule has 1 aliphatic carbocycles. The Hall–Kier alpha value is -0.450. The van der Waals surface area contributed by atoms with Crippen LogP contribution in [0.5, 0.6) is 0 Å². The highest BCUT2D eigenvalue weighted by molar-refractivity contribution is 6.19. The number of alkyl halides is 4. The number of hydrogen-bond acceptors (Lipinski definition) is 1. The highest BCUT2D eigenvalue weighted by Crippen LogP contribution is 2.36. The first kappa shape index (κ1) is 10.6. The number of amides is 1. The fraction of sp³-hybridized carbons (Fsp3) is 0.857. The maximum absolute atomic E-state index is 11.7. The van der Waals surface area contributed by atoms with Crippen molar-refractivity contribution < 1.29 is 18.0 Å². The topological polar surface area (TPSA) is 29.1 Å². The van der Waals surface area contributed by atoms with Crippen molar-refractivity contribution in [2.24, 2.45) is 0 Å². The molecule has 2 nitrogen and oxygen atoms in total. The molecule has 6 heteroatoms. The maximum atomic E-state index is 11.7. The van der Waals surface area contributed by atoms with E-state index < -0.39 is 24.0 Å². The molecule has 1 N–H and O–H groups in total. The summed E-state index contributed by atoms with van der Waals surface area (Å²) >= 11 is 5.48. The second-order valence-electron chi connectivity index (χ2n) is 3.25. The van der Waals surface area contributed by atoms with E-state index in [4.69, 9.17) is 11.6 Å². The summed E-state index contributed by atoms with van der Waals surface area (Å²) in [4.78, 5) is 10.8. The van der Waals surface area contributed by atoms with Crippen molar-refractivity contribution in [2.75, 3.05) is 5.88 Å². The van der Waals surface area contributed by atoms with E-state index in [1.54, 1.807) is 0 Å². The monoisotopic (exact) mass is 215 g/mol. The summed E-state index contributed by atoms with van der Waals surface area (Å²) in [5.74, 6) is -0.818. The molecule has 0 radical (unpaired) electrons. The van der Waals surface area contributed by atoms with Crippen molar-refractivity contribution in [1.29, 1.82) is 0 Å². The van der Waals surface area contributed by atoms with Gasteiger partial charge in [-0.25, -0.2) is 0 Å². The van der Waals surface area contributed by atoms with Gasteiger partial charge in [-0.15, -0.1) is 11.6 Å². The smallest absolute Gasteiger partial charge is 0.349 e. The van der Waals surface area contributed by atoms with Crippen LogP contribution in [0.1, 0.15) is 19.3 Å². The molecule has 0 atom stereocenters. The summed E-state index contributed by atoms with van der Waals surface area (Å²) in [6.45, 7) is 0.